The lowest BCUT2D eigenvalue weighted by molar-refractivity contribution is -0.141. The Morgan fingerprint density at radius 1 is 1.71 bits per heavy atom. The average molecular weight is 259 g/mol. The molecular weight excluding hydrogens is 246 g/mol. The van der Waals surface area contributed by atoms with Crippen LogP contribution in [-0.4, -0.2) is 37.0 Å². The molecule has 1 rings (SSSR count). The van der Waals surface area contributed by atoms with Crippen molar-refractivity contribution in [2.45, 2.75) is 6.54 Å². The van der Waals surface area contributed by atoms with Crippen LogP contribution in [0.2, 0.25) is 0 Å². The van der Waals surface area contributed by atoms with Crippen LogP contribution in [0.25, 0.3) is 0 Å². The minimum atomic E-state index is -3.44. The summed E-state index contributed by atoms with van der Waals surface area (Å²) in [7, 11) is -2.18. The fraction of sp³-hybridized carbons (Fsp3) is 0.333. The van der Waals surface area contributed by atoms with E-state index in [1.165, 1.54) is 30.3 Å². The molecule has 1 aromatic heterocycles. The molecule has 0 bridgehead atoms. The highest BCUT2D eigenvalue weighted by Gasteiger charge is 2.10. The smallest absolute Gasteiger partial charge is 0.327 e. The van der Waals surface area contributed by atoms with Crippen LogP contribution in [0.5, 0.6) is 0 Å². The molecule has 1 aromatic rings. The molecular formula is C9H13N3O4S. The molecule has 1 heterocycles. The Morgan fingerprint density at radius 2 is 2.41 bits per heavy atom. The fourth-order valence-electron chi connectivity index (χ4n) is 1.08. The predicted octanol–water partition coefficient (Wildman–Crippen LogP) is -0.0162. The summed E-state index contributed by atoms with van der Waals surface area (Å²) < 4.78 is 30.8. The van der Waals surface area contributed by atoms with Gasteiger partial charge in [0.05, 0.1) is 24.7 Å². The molecule has 8 heteroatoms. The summed E-state index contributed by atoms with van der Waals surface area (Å²) in [4.78, 5) is 10.9. The van der Waals surface area contributed by atoms with Crippen LogP contribution < -0.4 is 4.72 Å². The van der Waals surface area contributed by atoms with Crippen LogP contribution in [0.15, 0.2) is 25.0 Å². The monoisotopic (exact) mass is 259 g/mol. The number of nitrogens with one attached hydrogen (secondary N) is 1. The average Bonchev–Trinajstić information content (AvgIpc) is 2.64. The lowest BCUT2D eigenvalue weighted by Gasteiger charge is -2.02. The first-order valence-corrected chi connectivity index (χ1v) is 6.32. The number of ether oxygens (including phenoxy) is 1. The van der Waals surface area contributed by atoms with Gasteiger partial charge >= 0.3 is 5.97 Å². The topological polar surface area (TPSA) is 90.3 Å². The zero-order valence-corrected chi connectivity index (χ0v) is 10.1. The van der Waals surface area contributed by atoms with Crippen molar-refractivity contribution in [3.8, 4) is 0 Å². The van der Waals surface area contributed by atoms with Crippen molar-refractivity contribution in [1.29, 1.82) is 0 Å². The molecule has 0 spiro atoms. The number of hydrogen-bond donors (Lipinski definition) is 1. The minimum absolute atomic E-state index is 0.0698. The highest BCUT2D eigenvalue weighted by atomic mass is 32.2. The molecule has 0 saturated carbocycles. The van der Waals surface area contributed by atoms with Gasteiger partial charge in [0.2, 0.25) is 10.0 Å². The summed E-state index contributed by atoms with van der Waals surface area (Å²) in [5.41, 5.74) is 0.288. The highest BCUT2D eigenvalue weighted by Crippen LogP contribution is 2.07. The first-order chi connectivity index (χ1) is 7.96. The van der Waals surface area contributed by atoms with Gasteiger partial charge < -0.3 is 4.74 Å². The van der Waals surface area contributed by atoms with Gasteiger partial charge in [-0.05, 0) is 0 Å². The molecule has 0 aliphatic heterocycles. The van der Waals surface area contributed by atoms with Gasteiger partial charge in [0.15, 0.2) is 0 Å². The molecule has 7 nitrogen and oxygen atoms in total. The van der Waals surface area contributed by atoms with E-state index in [0.717, 1.165) is 0 Å². The Kier molecular flexibility index (Phi) is 4.27. The number of anilines is 1. The fourth-order valence-corrected chi connectivity index (χ4v) is 1.93. The van der Waals surface area contributed by atoms with Gasteiger partial charge in [0.25, 0.3) is 0 Å². The summed E-state index contributed by atoms with van der Waals surface area (Å²) in [5, 5.41) is 3.81. The SMILES string of the molecule is C=CCS(=O)(=O)Nc1cnn(CC(=O)OC)c1. The number of nitrogens with zero attached hydrogens (tertiary/aromatic N) is 2. The third kappa shape index (κ3) is 4.27. The third-order valence-electron chi connectivity index (χ3n) is 1.76. The van der Waals surface area contributed by atoms with Crippen LogP contribution in [0.4, 0.5) is 5.69 Å². The van der Waals surface area contributed by atoms with E-state index in [1.807, 2.05) is 0 Å². The molecule has 0 amide bonds. The van der Waals surface area contributed by atoms with E-state index in [4.69, 9.17) is 0 Å². The van der Waals surface area contributed by atoms with Gasteiger partial charge in [0.1, 0.15) is 6.54 Å². The molecule has 0 aliphatic rings. The maximum atomic E-state index is 11.4. The first-order valence-electron chi connectivity index (χ1n) is 4.67. The van der Waals surface area contributed by atoms with E-state index in [1.54, 1.807) is 0 Å². The molecule has 0 aliphatic carbocycles. The zero-order chi connectivity index (χ0) is 12.9. The second kappa shape index (κ2) is 5.48. The highest BCUT2D eigenvalue weighted by molar-refractivity contribution is 7.92. The zero-order valence-electron chi connectivity index (χ0n) is 9.29. The predicted molar refractivity (Wildman–Crippen MR) is 61.8 cm³/mol. The lowest BCUT2D eigenvalue weighted by atomic mass is 10.6. The van der Waals surface area contributed by atoms with Gasteiger partial charge in [0, 0.05) is 6.20 Å². The Hall–Kier alpha value is -1.83. The number of esters is 1. The Bertz CT molecular complexity index is 506. The number of aromatic nitrogens is 2. The lowest BCUT2D eigenvalue weighted by Crippen LogP contribution is -2.15. The first kappa shape index (κ1) is 13.2. The van der Waals surface area contributed by atoms with Crippen molar-refractivity contribution < 1.29 is 17.9 Å². The Labute approximate surface area is 99.1 Å². The van der Waals surface area contributed by atoms with E-state index in [9.17, 15) is 13.2 Å². The second-order valence-corrected chi connectivity index (χ2v) is 4.94. The van der Waals surface area contributed by atoms with Crippen molar-refractivity contribution in [2.75, 3.05) is 17.6 Å². The number of sulfonamides is 1. The maximum Gasteiger partial charge on any atom is 0.327 e. The van der Waals surface area contributed by atoms with Crippen molar-refractivity contribution in [2.24, 2.45) is 0 Å². The Balaban J connectivity index is 2.69. The van der Waals surface area contributed by atoms with E-state index < -0.39 is 16.0 Å². The molecule has 0 radical (unpaired) electrons. The summed E-state index contributed by atoms with van der Waals surface area (Å²) in [6.45, 7) is 3.27. The molecule has 1 N–H and O–H groups in total. The molecule has 17 heavy (non-hydrogen) atoms. The number of carbonyl (C=O) groups is 1. The molecule has 0 aromatic carbocycles. The largest absolute Gasteiger partial charge is 0.468 e. The molecule has 0 fully saturated rings. The van der Waals surface area contributed by atoms with Gasteiger partial charge in [-0.25, -0.2) is 8.42 Å². The van der Waals surface area contributed by atoms with Crippen LogP contribution in [0, 0.1) is 0 Å². The summed E-state index contributed by atoms with van der Waals surface area (Å²) in [6, 6.07) is 0. The van der Waals surface area contributed by atoms with Crippen LogP contribution >= 0.6 is 0 Å². The molecule has 0 atom stereocenters. The standard InChI is InChI=1S/C9H13N3O4S/c1-3-4-17(14,15)11-8-5-10-12(6-8)7-9(13)16-2/h3,5-6,11H,1,4,7H2,2H3. The molecule has 0 unspecified atom stereocenters. The third-order valence-corrected chi connectivity index (χ3v) is 2.98. The summed E-state index contributed by atoms with van der Waals surface area (Å²) in [5.74, 6) is -0.650. The van der Waals surface area contributed by atoms with Crippen LogP contribution in [0.1, 0.15) is 0 Å². The van der Waals surface area contributed by atoms with E-state index in [2.05, 4.69) is 21.1 Å². The normalized spacial score (nSPS) is 10.9. The van der Waals surface area contributed by atoms with Crippen LogP contribution in [0.3, 0.4) is 0 Å². The van der Waals surface area contributed by atoms with Crippen LogP contribution in [-0.2, 0) is 26.1 Å². The summed E-state index contributed by atoms with van der Waals surface area (Å²) >= 11 is 0. The molecule has 0 saturated heterocycles. The van der Waals surface area contributed by atoms with Gasteiger partial charge in [-0.15, -0.1) is 6.58 Å². The van der Waals surface area contributed by atoms with E-state index in [-0.39, 0.29) is 18.0 Å². The Morgan fingerprint density at radius 3 is 3.00 bits per heavy atom. The molecule has 94 valence electrons. The van der Waals surface area contributed by atoms with Gasteiger partial charge in [-0.1, -0.05) is 6.08 Å². The number of rotatable bonds is 6. The van der Waals surface area contributed by atoms with Gasteiger partial charge in [-0.2, -0.15) is 5.10 Å². The number of hydrogen-bond acceptors (Lipinski definition) is 5. The quantitative estimate of drug-likeness (QED) is 0.573. The summed E-state index contributed by atoms with van der Waals surface area (Å²) in [6.07, 6.45) is 3.99. The number of methoxy groups -OCH3 is 1. The number of carbonyl (C=O) groups excluding carboxylic acids is 1. The van der Waals surface area contributed by atoms with Crippen molar-refractivity contribution in [3.05, 3.63) is 25.0 Å². The maximum absolute atomic E-state index is 11.4. The minimum Gasteiger partial charge on any atom is -0.468 e. The van der Waals surface area contributed by atoms with Crippen molar-refractivity contribution in [3.63, 3.8) is 0 Å². The van der Waals surface area contributed by atoms with Crippen molar-refractivity contribution >= 4 is 21.7 Å². The van der Waals surface area contributed by atoms with Gasteiger partial charge in [-0.3, -0.25) is 14.2 Å². The van der Waals surface area contributed by atoms with E-state index in [0.29, 0.717) is 0 Å². The van der Waals surface area contributed by atoms with Crippen molar-refractivity contribution in [1.82, 2.24) is 9.78 Å². The second-order valence-electron chi connectivity index (χ2n) is 3.17. The van der Waals surface area contributed by atoms with E-state index >= 15 is 0 Å².